The number of rotatable bonds is 3. The van der Waals surface area contributed by atoms with Crippen LogP contribution in [0.15, 0.2) is 16.7 Å². The second-order valence-electron chi connectivity index (χ2n) is 4.17. The van der Waals surface area contributed by atoms with E-state index in [-0.39, 0.29) is 22.4 Å². The summed E-state index contributed by atoms with van der Waals surface area (Å²) in [5, 5.41) is 3.57. The third-order valence-corrected chi connectivity index (χ3v) is 3.39. The summed E-state index contributed by atoms with van der Waals surface area (Å²) in [5.41, 5.74) is 0.460. The fourth-order valence-corrected chi connectivity index (χ4v) is 2.30. The Bertz CT molecular complexity index is 638. The number of halogens is 3. The highest BCUT2D eigenvalue weighted by molar-refractivity contribution is 6.69. The fourth-order valence-electron chi connectivity index (χ4n) is 1.47. The maximum Gasteiger partial charge on any atom is 0.260 e. The summed E-state index contributed by atoms with van der Waals surface area (Å²) < 4.78 is 5.12. The molecule has 100 valence electrons. The topological polar surface area (TPSA) is 56.0 Å². The SMILES string of the molecule is CC(C)c1noc(-c2c(Cl)ccc(C(=O)Cl)c2Cl)n1. The van der Waals surface area contributed by atoms with Crippen LogP contribution >= 0.6 is 34.8 Å². The third kappa shape index (κ3) is 2.76. The second kappa shape index (κ2) is 5.49. The highest BCUT2D eigenvalue weighted by Gasteiger charge is 2.21. The quantitative estimate of drug-likeness (QED) is 0.779. The van der Waals surface area contributed by atoms with E-state index in [4.69, 9.17) is 39.3 Å². The van der Waals surface area contributed by atoms with Gasteiger partial charge in [0.1, 0.15) is 0 Å². The Morgan fingerprint density at radius 3 is 2.53 bits per heavy atom. The summed E-state index contributed by atoms with van der Waals surface area (Å²) in [7, 11) is 0. The number of hydrogen-bond acceptors (Lipinski definition) is 4. The van der Waals surface area contributed by atoms with Gasteiger partial charge >= 0.3 is 0 Å². The van der Waals surface area contributed by atoms with Crippen LogP contribution < -0.4 is 0 Å². The smallest absolute Gasteiger partial charge is 0.260 e. The van der Waals surface area contributed by atoms with Crippen molar-refractivity contribution in [3.8, 4) is 11.5 Å². The number of benzene rings is 1. The molecule has 1 aromatic heterocycles. The van der Waals surface area contributed by atoms with Crippen LogP contribution in [0.1, 0.15) is 35.9 Å². The monoisotopic (exact) mass is 318 g/mol. The minimum absolute atomic E-state index is 0.103. The summed E-state index contributed by atoms with van der Waals surface area (Å²) in [5.74, 6) is 0.802. The van der Waals surface area contributed by atoms with Crippen molar-refractivity contribution < 1.29 is 9.32 Å². The molecule has 0 unspecified atom stereocenters. The average Bonchev–Trinajstić information content (AvgIpc) is 2.78. The lowest BCUT2D eigenvalue weighted by atomic mass is 10.1. The van der Waals surface area contributed by atoms with Crippen molar-refractivity contribution in [2.24, 2.45) is 0 Å². The zero-order valence-electron chi connectivity index (χ0n) is 10.1. The second-order valence-corrected chi connectivity index (χ2v) is 5.30. The molecule has 0 atom stereocenters. The van der Waals surface area contributed by atoms with E-state index in [2.05, 4.69) is 10.1 Å². The van der Waals surface area contributed by atoms with Crippen molar-refractivity contribution >= 4 is 40.0 Å². The predicted molar refractivity (Wildman–Crippen MR) is 74.0 cm³/mol. The van der Waals surface area contributed by atoms with Gasteiger partial charge in [-0.15, -0.1) is 0 Å². The van der Waals surface area contributed by atoms with Gasteiger partial charge in [-0.25, -0.2) is 0 Å². The van der Waals surface area contributed by atoms with Crippen LogP contribution in [0.2, 0.25) is 10.0 Å². The van der Waals surface area contributed by atoms with Gasteiger partial charge in [-0.1, -0.05) is 42.2 Å². The summed E-state index contributed by atoms with van der Waals surface area (Å²) >= 11 is 17.6. The van der Waals surface area contributed by atoms with Crippen LogP contribution in [-0.2, 0) is 0 Å². The molecular weight excluding hydrogens is 311 g/mol. The maximum absolute atomic E-state index is 11.2. The molecule has 0 aliphatic rings. The molecule has 1 aromatic carbocycles. The maximum atomic E-state index is 11.2. The molecule has 2 aromatic rings. The molecule has 0 aliphatic carbocycles. The normalized spacial score (nSPS) is 11.1. The molecule has 0 saturated carbocycles. The number of aromatic nitrogens is 2. The fraction of sp³-hybridized carbons (Fsp3) is 0.250. The molecule has 0 radical (unpaired) electrons. The third-order valence-electron chi connectivity index (χ3n) is 2.47. The molecule has 1 heterocycles. The van der Waals surface area contributed by atoms with E-state index in [0.717, 1.165) is 0 Å². The van der Waals surface area contributed by atoms with Crippen molar-refractivity contribution in [3.05, 3.63) is 33.6 Å². The molecule has 0 spiro atoms. The van der Waals surface area contributed by atoms with Crippen molar-refractivity contribution in [2.45, 2.75) is 19.8 Å². The Morgan fingerprint density at radius 2 is 2.00 bits per heavy atom. The van der Waals surface area contributed by atoms with E-state index in [9.17, 15) is 4.79 Å². The van der Waals surface area contributed by atoms with Crippen LogP contribution in [0.5, 0.6) is 0 Å². The van der Waals surface area contributed by atoms with Crippen LogP contribution in [0, 0.1) is 0 Å². The van der Waals surface area contributed by atoms with Gasteiger partial charge in [0.2, 0.25) is 0 Å². The van der Waals surface area contributed by atoms with Crippen molar-refractivity contribution in [1.82, 2.24) is 10.1 Å². The minimum atomic E-state index is -0.675. The Morgan fingerprint density at radius 1 is 1.32 bits per heavy atom. The molecule has 19 heavy (non-hydrogen) atoms. The lowest BCUT2D eigenvalue weighted by molar-refractivity contribution is 0.108. The van der Waals surface area contributed by atoms with Gasteiger partial charge in [0.05, 0.1) is 21.2 Å². The molecule has 0 bridgehead atoms. The van der Waals surface area contributed by atoms with Crippen LogP contribution in [0.3, 0.4) is 0 Å². The van der Waals surface area contributed by atoms with Crippen LogP contribution in [0.4, 0.5) is 0 Å². The number of carbonyl (C=O) groups is 1. The zero-order valence-corrected chi connectivity index (χ0v) is 12.3. The molecule has 0 fully saturated rings. The Hall–Kier alpha value is -1.10. The van der Waals surface area contributed by atoms with Gasteiger partial charge in [-0.2, -0.15) is 4.98 Å². The van der Waals surface area contributed by atoms with Gasteiger partial charge < -0.3 is 4.52 Å². The van der Waals surface area contributed by atoms with E-state index < -0.39 is 5.24 Å². The first-order valence-electron chi connectivity index (χ1n) is 5.43. The molecule has 7 heteroatoms. The van der Waals surface area contributed by atoms with E-state index in [1.54, 1.807) is 0 Å². The molecule has 0 saturated heterocycles. The van der Waals surface area contributed by atoms with Crippen LogP contribution in [0.25, 0.3) is 11.5 Å². The number of carbonyl (C=O) groups excluding carboxylic acids is 1. The highest BCUT2D eigenvalue weighted by atomic mass is 35.5. The molecular formula is C12H9Cl3N2O2. The predicted octanol–water partition coefficient (Wildman–Crippen LogP) is 4.55. The summed E-state index contributed by atoms with van der Waals surface area (Å²) in [6.45, 7) is 3.85. The first-order valence-corrected chi connectivity index (χ1v) is 6.57. The largest absolute Gasteiger partial charge is 0.334 e. The van der Waals surface area contributed by atoms with Gasteiger partial charge in [0.15, 0.2) is 5.82 Å². The lowest BCUT2D eigenvalue weighted by Crippen LogP contribution is -1.94. The Balaban J connectivity index is 2.60. The van der Waals surface area contributed by atoms with Crippen molar-refractivity contribution in [3.63, 3.8) is 0 Å². The van der Waals surface area contributed by atoms with Gasteiger partial charge in [0, 0.05) is 5.92 Å². The van der Waals surface area contributed by atoms with Gasteiger partial charge in [-0.05, 0) is 23.7 Å². The molecule has 2 rings (SSSR count). The average molecular weight is 320 g/mol. The molecule has 0 N–H and O–H groups in total. The Kier molecular flexibility index (Phi) is 4.13. The summed E-state index contributed by atoms with van der Waals surface area (Å²) in [4.78, 5) is 15.4. The first kappa shape index (κ1) is 14.3. The lowest BCUT2D eigenvalue weighted by Gasteiger charge is -2.05. The molecule has 0 amide bonds. The van der Waals surface area contributed by atoms with Crippen LogP contribution in [-0.4, -0.2) is 15.4 Å². The Labute approximate surface area is 124 Å². The molecule has 0 aliphatic heterocycles. The van der Waals surface area contributed by atoms with Gasteiger partial charge in [-0.3, -0.25) is 4.79 Å². The summed E-state index contributed by atoms with van der Waals surface area (Å²) in [6, 6.07) is 2.96. The molecule has 4 nitrogen and oxygen atoms in total. The van der Waals surface area contributed by atoms with Crippen molar-refractivity contribution in [2.75, 3.05) is 0 Å². The summed E-state index contributed by atoms with van der Waals surface area (Å²) in [6.07, 6.45) is 0. The minimum Gasteiger partial charge on any atom is -0.334 e. The standard InChI is InChI=1S/C12H9Cl3N2O2/c1-5(2)11-16-12(19-17-11)8-7(13)4-3-6(9(8)14)10(15)18/h3-5H,1-2H3. The van der Waals surface area contributed by atoms with E-state index in [1.165, 1.54) is 12.1 Å². The number of nitrogens with zero attached hydrogens (tertiary/aromatic N) is 2. The highest BCUT2D eigenvalue weighted by Crippen LogP contribution is 2.37. The first-order chi connectivity index (χ1) is 8.91. The van der Waals surface area contributed by atoms with E-state index in [1.807, 2.05) is 13.8 Å². The van der Waals surface area contributed by atoms with E-state index >= 15 is 0 Å². The number of hydrogen-bond donors (Lipinski definition) is 0. The van der Waals surface area contributed by atoms with Gasteiger partial charge in [0.25, 0.3) is 11.1 Å². The van der Waals surface area contributed by atoms with E-state index in [0.29, 0.717) is 16.4 Å². The van der Waals surface area contributed by atoms with Crippen molar-refractivity contribution in [1.29, 1.82) is 0 Å². The zero-order chi connectivity index (χ0) is 14.2.